The molecule has 20 rings (SSSR count). The molecule has 8 aliphatic heterocycles. The fourth-order valence-corrected chi connectivity index (χ4v) is 20.6. The number of anilines is 4. The zero-order chi connectivity index (χ0) is 87.6. The van der Waals surface area contributed by atoms with Crippen LogP contribution in [0.2, 0.25) is 0 Å². The Kier molecular flexibility index (Phi) is 23.8. The molecule has 127 heavy (non-hydrogen) atoms. The number of para-hydroxylation sites is 2. The number of hydrogen-bond donors (Lipinski definition) is 3. The number of benzene rings is 2. The Morgan fingerprint density at radius 3 is 1.43 bits per heavy atom. The fraction of sp³-hybridized carbons (Fsp3) is 0.528. The molecule has 6 amide bonds. The second kappa shape index (κ2) is 35.7. The van der Waals surface area contributed by atoms with E-state index in [1.165, 1.54) is 59.1 Å². The van der Waals surface area contributed by atoms with E-state index in [0.29, 0.717) is 69.5 Å². The number of morpholine rings is 2. The molecule has 34 nitrogen and oxygen atoms in total. The van der Waals surface area contributed by atoms with E-state index >= 15 is 0 Å². The number of fused-ring (bicyclic) bond motifs is 8. The molecular formula is C89H100F4N22O12. The number of rotatable bonds is 20. The number of likely N-dealkylation sites (N-methyl/N-ethyl adjacent to an activating group) is 1. The molecule has 0 radical (unpaired) electrons. The van der Waals surface area contributed by atoms with Crippen LogP contribution < -0.4 is 37.1 Å². The Hall–Kier alpha value is -11.9. The number of nitrogens with zero attached hydrogens (tertiary/aromatic N) is 19. The van der Waals surface area contributed by atoms with Crippen molar-refractivity contribution in [3.8, 4) is 23.7 Å². The number of carbonyl (C=O) groups is 6. The third-order valence-electron chi connectivity index (χ3n) is 27.4. The lowest BCUT2D eigenvalue weighted by Crippen LogP contribution is -2.45. The molecule has 8 aromatic heterocycles. The molecule has 2 unspecified atom stereocenters. The van der Waals surface area contributed by atoms with Gasteiger partial charge < -0.3 is 49.2 Å². The largest absolute Gasteiger partial charge is 0.374 e. The molecule has 10 aliphatic rings. The van der Waals surface area contributed by atoms with Crippen LogP contribution in [0.1, 0.15) is 196 Å². The average molecular weight is 1750 g/mol. The number of imide groups is 2. The average Bonchev–Trinajstić information content (AvgIpc) is 1.68. The molecular weight excluding hydrogens is 1650 g/mol. The van der Waals surface area contributed by atoms with Crippen molar-refractivity contribution in [2.24, 2.45) is 25.9 Å². The summed E-state index contributed by atoms with van der Waals surface area (Å²) in [4.78, 5) is 123. The normalized spacial score (nSPS) is 24.4. The minimum absolute atomic E-state index is 0.0101. The van der Waals surface area contributed by atoms with Gasteiger partial charge in [-0.05, 0) is 151 Å². The number of aromatic nitrogens is 14. The molecule has 16 heterocycles. The summed E-state index contributed by atoms with van der Waals surface area (Å²) in [6.45, 7) is 8.80. The smallest absolute Gasteiger partial charge is 0.329 e. The minimum atomic E-state index is -2.86. The van der Waals surface area contributed by atoms with E-state index in [0.717, 1.165) is 159 Å². The van der Waals surface area contributed by atoms with Crippen molar-refractivity contribution < 1.29 is 65.3 Å². The molecule has 10 fully saturated rings. The fourth-order valence-electron chi connectivity index (χ4n) is 20.6. The van der Waals surface area contributed by atoms with Crippen LogP contribution in [-0.4, -0.2) is 240 Å². The van der Waals surface area contributed by atoms with E-state index < -0.39 is 54.0 Å². The first-order valence-electron chi connectivity index (χ1n) is 44.1. The molecule has 2 saturated carbocycles. The van der Waals surface area contributed by atoms with Crippen molar-refractivity contribution in [2.75, 3.05) is 106 Å². The zero-order valence-corrected chi connectivity index (χ0v) is 70.8. The lowest BCUT2D eigenvalue weighted by molar-refractivity contribution is -0.149. The number of carbonyl (C=O) groups excluding carboxylic acids is 6. The van der Waals surface area contributed by atoms with Crippen LogP contribution in [0.25, 0.3) is 33.4 Å². The third kappa shape index (κ3) is 17.0. The van der Waals surface area contributed by atoms with E-state index in [1.807, 2.05) is 36.4 Å². The summed E-state index contributed by atoms with van der Waals surface area (Å²) in [7, 11) is 4.78. The number of piperidine rings is 4. The van der Waals surface area contributed by atoms with Crippen molar-refractivity contribution in [1.29, 1.82) is 0 Å². The number of halogens is 4. The van der Waals surface area contributed by atoms with Crippen LogP contribution in [0.15, 0.2) is 95.3 Å². The lowest BCUT2D eigenvalue weighted by atomic mass is 9.85. The van der Waals surface area contributed by atoms with Gasteiger partial charge in [-0.2, -0.15) is 20.4 Å². The lowest BCUT2D eigenvalue weighted by Gasteiger charge is -2.36. The number of ether oxygens (including phenoxy) is 4. The van der Waals surface area contributed by atoms with Gasteiger partial charge in [0.15, 0.2) is 22.7 Å². The Balaban J connectivity index is 0.000000166. The maximum atomic E-state index is 14.3. The number of hydrogen-bond acceptors (Lipinski definition) is 22. The predicted molar refractivity (Wildman–Crippen MR) is 456 cm³/mol. The summed E-state index contributed by atoms with van der Waals surface area (Å²) in [5.74, 6) is 12.4. The Labute approximate surface area is 726 Å². The minimum Gasteiger partial charge on any atom is -0.374 e. The molecule has 666 valence electrons. The molecule has 4 bridgehead atoms. The highest BCUT2D eigenvalue weighted by Gasteiger charge is 2.43. The van der Waals surface area contributed by atoms with Crippen molar-refractivity contribution in [3.05, 3.63) is 140 Å². The summed E-state index contributed by atoms with van der Waals surface area (Å²) in [6.07, 6.45) is 17.5. The first-order valence-corrected chi connectivity index (χ1v) is 44.1. The van der Waals surface area contributed by atoms with Crippen LogP contribution in [0.5, 0.6) is 0 Å². The number of aryl methyl sites for hydroxylation is 2. The summed E-state index contributed by atoms with van der Waals surface area (Å²) in [6, 6.07) is 13.5. The number of amides is 6. The van der Waals surface area contributed by atoms with Crippen LogP contribution in [0, 0.1) is 35.5 Å². The monoisotopic (exact) mass is 1740 g/mol. The van der Waals surface area contributed by atoms with Gasteiger partial charge in [-0.3, -0.25) is 66.6 Å². The van der Waals surface area contributed by atoms with Gasteiger partial charge in [0.1, 0.15) is 48.1 Å². The third-order valence-corrected chi connectivity index (χ3v) is 27.4. The Morgan fingerprint density at radius 2 is 1.00 bits per heavy atom. The van der Waals surface area contributed by atoms with Gasteiger partial charge >= 0.3 is 11.4 Å². The van der Waals surface area contributed by atoms with E-state index in [-0.39, 0.29) is 139 Å². The SMILES string of the molecule is CN1C(=O)CCC(n2c(=O)n(C)c3c(C#CCOC4CCN(CC5CCC(n6cc(NC(=O)c7cnn8ccc(N9C[C@H]%10C[C@@H]9CO%10)nc78)c(C(F)F)n6)CC5)CC4)cccc32)C1=O.Cn1c(=O)n(C2CCC(=O)NC2=O)c2cccc(C#CCOC3CCN(CC4CCC(n5cc(NC(=O)c6cnn7ccc(N8C[C@H]9C[C@@H]8CO9)nc67)c(C(F)F)n5)CC4)CC3)c21. The second-order valence-corrected chi connectivity index (χ2v) is 35.2. The summed E-state index contributed by atoms with van der Waals surface area (Å²) in [5, 5.41) is 24.9. The van der Waals surface area contributed by atoms with E-state index in [9.17, 15) is 55.9 Å². The zero-order valence-electron chi connectivity index (χ0n) is 70.8. The standard InChI is InChI=1S/C45H51F2N11O6.C44H49F2N11O6/c1-52-38(59)13-12-36(44(52)61)58-35-7-3-5-28(40(35)53(2)45(58)62)6-4-20-63-31-14-17-54(18-15-31)23-27-8-10-29(11-9-27)57-25-34(39(51-57)41(46)47)49-43(60)33-22-48-56-19-16-37(50-42(33)56)55-24-32-21-30(55)26-64-32;1-52-39-27(4-2-6-34(39)57(44(52)61)35-11-12-37(58)50-43(35)60)5-3-19-62-30-13-16-53(17-14-30)22-26-7-9-28(10-8-26)56-24-33(38(51-56)40(45)46)48-42(59)32-21-47-55-18-15-36(49-41(32)55)54-23-31-20-29(54)25-63-31/h3,5,7,16,19,22,25,27,29-32,36,41H,8-15,17-18,20-21,23-24,26H2,1-2H3,(H,49,60);2,4,6,15,18,21,24,26,28-31,35,40H,7-14,16-17,19-20,22-23,25H2,1H3,(H,48,59)(H,50,58,60)/t27?,29?,30-,32-,36?;26?,28?,29-,31-,35?/m11/s1. The highest BCUT2D eigenvalue weighted by Crippen LogP contribution is 2.41. The Morgan fingerprint density at radius 1 is 0.551 bits per heavy atom. The van der Waals surface area contributed by atoms with Gasteiger partial charge in [0, 0.05) is 111 Å². The quantitative estimate of drug-likeness (QED) is 0.0366. The highest BCUT2D eigenvalue weighted by molar-refractivity contribution is 6.09. The van der Waals surface area contributed by atoms with Crippen molar-refractivity contribution in [2.45, 2.75) is 189 Å². The van der Waals surface area contributed by atoms with Crippen LogP contribution in [0.4, 0.5) is 40.6 Å². The van der Waals surface area contributed by atoms with Crippen molar-refractivity contribution >= 4 is 91.8 Å². The first-order chi connectivity index (χ1) is 61.6. The van der Waals surface area contributed by atoms with E-state index in [4.69, 9.17) is 28.9 Å². The maximum absolute atomic E-state index is 14.3. The summed E-state index contributed by atoms with van der Waals surface area (Å²) >= 11 is 0. The molecule has 2 aromatic carbocycles. The van der Waals surface area contributed by atoms with Crippen LogP contribution >= 0.6 is 0 Å². The van der Waals surface area contributed by atoms with Gasteiger partial charge in [-0.25, -0.2) is 46.1 Å². The molecule has 10 aromatic rings. The van der Waals surface area contributed by atoms with Crippen molar-refractivity contribution in [1.82, 2.24) is 87.0 Å². The van der Waals surface area contributed by atoms with Crippen LogP contribution in [-0.2, 0) is 52.2 Å². The second-order valence-electron chi connectivity index (χ2n) is 35.2. The summed E-state index contributed by atoms with van der Waals surface area (Å²) < 4.78 is 93.1. The number of nitrogens with one attached hydrogen (secondary N) is 3. The Bertz CT molecular complexity index is 6170. The van der Waals surface area contributed by atoms with E-state index in [2.05, 4.69) is 79.6 Å². The van der Waals surface area contributed by atoms with Crippen molar-refractivity contribution in [3.63, 3.8) is 0 Å². The van der Waals surface area contributed by atoms with Gasteiger partial charge in [0.05, 0.1) is 119 Å². The molecule has 2 aliphatic carbocycles. The molecule has 38 heteroatoms. The molecule has 6 atom stereocenters. The molecule has 0 spiro atoms. The van der Waals surface area contributed by atoms with Gasteiger partial charge in [0.25, 0.3) is 30.6 Å². The maximum Gasteiger partial charge on any atom is 0.329 e. The predicted octanol–water partition coefficient (Wildman–Crippen LogP) is 8.32. The van der Waals surface area contributed by atoms with Crippen LogP contribution in [0.3, 0.4) is 0 Å². The van der Waals surface area contributed by atoms with Gasteiger partial charge in [-0.15, -0.1) is 0 Å². The van der Waals surface area contributed by atoms with Gasteiger partial charge in [0.2, 0.25) is 17.7 Å². The summed E-state index contributed by atoms with van der Waals surface area (Å²) in [5.41, 5.74) is 3.28. The number of alkyl halides is 4. The van der Waals surface area contributed by atoms with Gasteiger partial charge in [-0.1, -0.05) is 35.8 Å². The molecule has 3 N–H and O–H groups in total. The first kappa shape index (κ1) is 84.5. The molecule has 8 saturated heterocycles. The highest BCUT2D eigenvalue weighted by atomic mass is 19.3. The number of likely N-dealkylation sites (tertiary alicyclic amines) is 3. The van der Waals surface area contributed by atoms with E-state index in [1.54, 1.807) is 48.0 Å². The number of imidazole rings is 2. The topological polar surface area (TPSA) is 342 Å².